The van der Waals surface area contributed by atoms with E-state index in [4.69, 9.17) is 0 Å². The van der Waals surface area contributed by atoms with Gasteiger partial charge in [-0.25, -0.2) is 0 Å². The van der Waals surface area contributed by atoms with E-state index in [1.54, 1.807) is 24.3 Å². The molecule has 3 rings (SSSR count). The molecule has 1 heterocycles. The fourth-order valence-corrected chi connectivity index (χ4v) is 3.23. The van der Waals surface area contributed by atoms with Crippen molar-refractivity contribution in [3.63, 3.8) is 0 Å². The predicted octanol–water partition coefficient (Wildman–Crippen LogP) is 1.59. The average Bonchev–Trinajstić information content (AvgIpc) is 3.34. The fraction of sp³-hybridized carbons (Fsp3) is 0.526. The number of fused-ring (bicyclic) bond motifs is 1. The largest absolute Gasteiger partial charge is 0.396 e. The fourth-order valence-electron chi connectivity index (χ4n) is 3.23. The third-order valence-corrected chi connectivity index (χ3v) is 5.06. The summed E-state index contributed by atoms with van der Waals surface area (Å²) in [6, 6.07) is 5.82. The van der Waals surface area contributed by atoms with Crippen LogP contribution in [0.15, 0.2) is 24.3 Å². The van der Waals surface area contributed by atoms with Crippen LogP contribution in [0.3, 0.4) is 0 Å². The molecule has 1 atom stereocenters. The van der Waals surface area contributed by atoms with E-state index in [1.165, 1.54) is 0 Å². The zero-order chi connectivity index (χ0) is 18.2. The van der Waals surface area contributed by atoms with Gasteiger partial charge in [0.15, 0.2) is 0 Å². The summed E-state index contributed by atoms with van der Waals surface area (Å²) in [4.78, 5) is 39.2. The molecule has 0 aromatic heterocycles. The van der Waals surface area contributed by atoms with Gasteiger partial charge in [0, 0.05) is 12.0 Å². The first-order chi connectivity index (χ1) is 11.9. The topological polar surface area (TPSA) is 86.7 Å². The Hall–Kier alpha value is -2.21. The zero-order valence-electron chi connectivity index (χ0n) is 14.6. The number of rotatable bonds is 7. The number of hydrogen-bond acceptors (Lipinski definition) is 4. The molecule has 6 heteroatoms. The van der Waals surface area contributed by atoms with Crippen molar-refractivity contribution in [2.45, 2.75) is 39.2 Å². The van der Waals surface area contributed by atoms with Gasteiger partial charge in [-0.05, 0) is 37.3 Å². The van der Waals surface area contributed by atoms with Gasteiger partial charge in [0.2, 0.25) is 5.91 Å². The minimum atomic E-state index is -0.832. The first-order valence-corrected chi connectivity index (χ1v) is 8.74. The van der Waals surface area contributed by atoms with Gasteiger partial charge in [-0.1, -0.05) is 26.0 Å². The number of nitrogens with one attached hydrogen (secondary N) is 1. The number of amides is 3. The summed E-state index contributed by atoms with van der Waals surface area (Å²) in [7, 11) is 0. The summed E-state index contributed by atoms with van der Waals surface area (Å²) in [5.41, 5.74) is 0.478. The normalized spacial score (nSPS) is 19.1. The van der Waals surface area contributed by atoms with Crippen LogP contribution in [0.4, 0.5) is 0 Å². The van der Waals surface area contributed by atoms with E-state index >= 15 is 0 Å². The van der Waals surface area contributed by atoms with E-state index in [0.29, 0.717) is 24.1 Å². The van der Waals surface area contributed by atoms with E-state index in [-0.39, 0.29) is 23.8 Å². The molecule has 2 aliphatic rings. The molecule has 6 nitrogen and oxygen atoms in total. The first-order valence-electron chi connectivity index (χ1n) is 8.74. The molecule has 1 aliphatic heterocycles. The van der Waals surface area contributed by atoms with E-state index in [1.807, 2.05) is 13.8 Å². The van der Waals surface area contributed by atoms with Crippen LogP contribution in [0, 0.1) is 11.3 Å². The van der Waals surface area contributed by atoms with Gasteiger partial charge in [0.05, 0.1) is 17.7 Å². The molecule has 134 valence electrons. The Kier molecular flexibility index (Phi) is 4.64. The maximum Gasteiger partial charge on any atom is 0.262 e. The number of imide groups is 1. The molecule has 1 unspecified atom stereocenters. The highest BCUT2D eigenvalue weighted by molar-refractivity contribution is 6.22. The Labute approximate surface area is 147 Å². The SMILES string of the molecule is CC(C)CC(C(=O)NCC1(CO)CC1)N1C(=O)c2ccccc2C1=O. The number of nitrogens with zero attached hydrogens (tertiary/aromatic N) is 1. The monoisotopic (exact) mass is 344 g/mol. The summed E-state index contributed by atoms with van der Waals surface area (Å²) in [6.07, 6.45) is 2.17. The molecule has 1 fully saturated rings. The van der Waals surface area contributed by atoms with Crippen LogP contribution in [0.2, 0.25) is 0 Å². The molecule has 0 spiro atoms. The van der Waals surface area contributed by atoms with Gasteiger partial charge >= 0.3 is 0 Å². The summed E-state index contributed by atoms with van der Waals surface area (Å²) in [5.74, 6) is -1.01. The molecule has 1 aromatic rings. The number of aliphatic hydroxyl groups excluding tert-OH is 1. The molecule has 2 N–H and O–H groups in total. The van der Waals surface area contributed by atoms with Crippen LogP contribution >= 0.6 is 0 Å². The van der Waals surface area contributed by atoms with Crippen molar-refractivity contribution >= 4 is 17.7 Å². The van der Waals surface area contributed by atoms with Gasteiger partial charge in [0.1, 0.15) is 6.04 Å². The predicted molar refractivity (Wildman–Crippen MR) is 91.9 cm³/mol. The number of aliphatic hydroxyl groups is 1. The molecular formula is C19H24N2O4. The molecule has 3 amide bonds. The van der Waals surface area contributed by atoms with Crippen LogP contribution in [-0.2, 0) is 4.79 Å². The molecule has 0 saturated heterocycles. The Morgan fingerprint density at radius 2 is 1.76 bits per heavy atom. The van der Waals surface area contributed by atoms with Gasteiger partial charge < -0.3 is 10.4 Å². The molecular weight excluding hydrogens is 320 g/mol. The van der Waals surface area contributed by atoms with Crippen LogP contribution < -0.4 is 5.32 Å². The minimum Gasteiger partial charge on any atom is -0.396 e. The maximum absolute atomic E-state index is 12.8. The lowest BCUT2D eigenvalue weighted by atomic mass is 10.0. The number of benzene rings is 1. The van der Waals surface area contributed by atoms with E-state index < -0.39 is 17.9 Å². The van der Waals surface area contributed by atoms with Gasteiger partial charge in [-0.3, -0.25) is 19.3 Å². The van der Waals surface area contributed by atoms with E-state index in [9.17, 15) is 19.5 Å². The third-order valence-electron chi connectivity index (χ3n) is 5.06. The van der Waals surface area contributed by atoms with Crippen molar-refractivity contribution in [1.29, 1.82) is 0 Å². The molecule has 0 bridgehead atoms. The van der Waals surface area contributed by atoms with Crippen LogP contribution in [-0.4, -0.2) is 46.9 Å². The van der Waals surface area contributed by atoms with Gasteiger partial charge in [-0.15, -0.1) is 0 Å². The van der Waals surface area contributed by atoms with Crippen molar-refractivity contribution < 1.29 is 19.5 Å². The molecule has 1 aromatic carbocycles. The highest BCUT2D eigenvalue weighted by Gasteiger charge is 2.45. The van der Waals surface area contributed by atoms with Gasteiger partial charge in [-0.2, -0.15) is 0 Å². The lowest BCUT2D eigenvalue weighted by molar-refractivity contribution is -0.125. The van der Waals surface area contributed by atoms with Crippen LogP contribution in [0.25, 0.3) is 0 Å². The number of hydrogen-bond donors (Lipinski definition) is 2. The molecule has 1 saturated carbocycles. The number of carbonyl (C=O) groups excluding carboxylic acids is 3. The number of carbonyl (C=O) groups is 3. The van der Waals surface area contributed by atoms with Crippen molar-refractivity contribution in [1.82, 2.24) is 10.2 Å². The summed E-state index contributed by atoms with van der Waals surface area (Å²) >= 11 is 0. The Morgan fingerprint density at radius 1 is 1.20 bits per heavy atom. The second-order valence-corrected chi connectivity index (χ2v) is 7.55. The van der Waals surface area contributed by atoms with Crippen molar-refractivity contribution in [3.8, 4) is 0 Å². The highest BCUT2D eigenvalue weighted by atomic mass is 16.3. The standard InChI is InChI=1S/C19H24N2O4/c1-12(2)9-15(16(23)20-10-19(11-22)7-8-19)21-17(24)13-5-3-4-6-14(13)18(21)25/h3-6,12,15,22H,7-11H2,1-2H3,(H,20,23). The summed E-state index contributed by atoms with van der Waals surface area (Å²) < 4.78 is 0. The average molecular weight is 344 g/mol. The second-order valence-electron chi connectivity index (χ2n) is 7.55. The first kappa shape index (κ1) is 17.6. The smallest absolute Gasteiger partial charge is 0.262 e. The summed E-state index contributed by atoms with van der Waals surface area (Å²) in [5, 5.41) is 12.2. The van der Waals surface area contributed by atoms with Crippen molar-refractivity contribution in [3.05, 3.63) is 35.4 Å². The second kappa shape index (κ2) is 6.59. The Balaban J connectivity index is 1.80. The van der Waals surface area contributed by atoms with Gasteiger partial charge in [0.25, 0.3) is 11.8 Å². The van der Waals surface area contributed by atoms with Crippen molar-refractivity contribution in [2.75, 3.05) is 13.2 Å². The maximum atomic E-state index is 12.8. The summed E-state index contributed by atoms with van der Waals surface area (Å²) in [6.45, 7) is 4.32. The molecule has 0 radical (unpaired) electrons. The minimum absolute atomic E-state index is 0.0368. The molecule has 1 aliphatic carbocycles. The third kappa shape index (κ3) is 3.31. The quantitative estimate of drug-likeness (QED) is 0.736. The van der Waals surface area contributed by atoms with Crippen LogP contribution in [0.1, 0.15) is 53.8 Å². The lowest BCUT2D eigenvalue weighted by Crippen LogP contribution is -2.51. The van der Waals surface area contributed by atoms with E-state index in [0.717, 1.165) is 17.7 Å². The zero-order valence-corrected chi connectivity index (χ0v) is 14.6. The lowest BCUT2D eigenvalue weighted by Gasteiger charge is -2.27. The Bertz CT molecular complexity index is 674. The van der Waals surface area contributed by atoms with Crippen LogP contribution in [0.5, 0.6) is 0 Å². The highest BCUT2D eigenvalue weighted by Crippen LogP contribution is 2.44. The van der Waals surface area contributed by atoms with E-state index in [2.05, 4.69) is 5.32 Å². The molecule has 25 heavy (non-hydrogen) atoms. The Morgan fingerprint density at radius 3 is 2.20 bits per heavy atom. The van der Waals surface area contributed by atoms with Crippen molar-refractivity contribution in [2.24, 2.45) is 11.3 Å².